The molecule has 1 aromatic heterocycles. The summed E-state index contributed by atoms with van der Waals surface area (Å²) in [6.45, 7) is 6.01. The first-order valence-corrected chi connectivity index (χ1v) is 5.78. The summed E-state index contributed by atoms with van der Waals surface area (Å²) >= 11 is 0. The van der Waals surface area contributed by atoms with Crippen LogP contribution in [0, 0.1) is 13.8 Å². The maximum Gasteiger partial charge on any atom is 0.227 e. The number of nitrogens with zero attached hydrogens (tertiary/aromatic N) is 2. The van der Waals surface area contributed by atoms with E-state index in [-0.39, 0.29) is 0 Å². The van der Waals surface area contributed by atoms with Gasteiger partial charge in [-0.05, 0) is 30.5 Å². The van der Waals surface area contributed by atoms with Crippen LogP contribution in [-0.2, 0) is 13.0 Å². The molecule has 0 aliphatic rings. The van der Waals surface area contributed by atoms with E-state index in [1.807, 2.05) is 0 Å². The van der Waals surface area contributed by atoms with Gasteiger partial charge in [-0.1, -0.05) is 23.4 Å². The van der Waals surface area contributed by atoms with Crippen LogP contribution < -0.4 is 5.32 Å². The molecule has 4 heteroatoms. The number of aromatic nitrogens is 2. The molecule has 0 spiro atoms. The quantitative estimate of drug-likeness (QED) is 0.800. The SMILES string of the molecule is Cc1cccc(C)c1CNCCc1ncno1. The lowest BCUT2D eigenvalue weighted by Crippen LogP contribution is -2.18. The van der Waals surface area contributed by atoms with Crippen molar-refractivity contribution in [3.63, 3.8) is 0 Å². The Morgan fingerprint density at radius 2 is 2.00 bits per heavy atom. The number of benzene rings is 1. The van der Waals surface area contributed by atoms with Crippen LogP contribution in [0.5, 0.6) is 0 Å². The fraction of sp³-hybridized carbons (Fsp3) is 0.385. The molecule has 0 aliphatic heterocycles. The first kappa shape index (κ1) is 11.8. The van der Waals surface area contributed by atoms with E-state index in [9.17, 15) is 0 Å². The van der Waals surface area contributed by atoms with Crippen molar-refractivity contribution in [2.45, 2.75) is 26.8 Å². The highest BCUT2D eigenvalue weighted by Gasteiger charge is 2.02. The first-order chi connectivity index (χ1) is 8.27. The van der Waals surface area contributed by atoms with Gasteiger partial charge in [0.2, 0.25) is 5.89 Å². The molecule has 0 amide bonds. The summed E-state index contributed by atoms with van der Waals surface area (Å²) in [5.41, 5.74) is 4.03. The minimum absolute atomic E-state index is 0.680. The van der Waals surface area contributed by atoms with E-state index < -0.39 is 0 Å². The number of nitrogens with one attached hydrogen (secondary N) is 1. The van der Waals surface area contributed by atoms with E-state index in [2.05, 4.69) is 47.5 Å². The molecule has 4 nitrogen and oxygen atoms in total. The van der Waals surface area contributed by atoms with Gasteiger partial charge in [-0.3, -0.25) is 0 Å². The highest BCUT2D eigenvalue weighted by Crippen LogP contribution is 2.12. The van der Waals surface area contributed by atoms with Crippen LogP contribution in [0.1, 0.15) is 22.6 Å². The van der Waals surface area contributed by atoms with Gasteiger partial charge < -0.3 is 9.84 Å². The smallest absolute Gasteiger partial charge is 0.227 e. The molecule has 1 aromatic carbocycles. The molecule has 2 aromatic rings. The maximum absolute atomic E-state index is 4.93. The molecule has 17 heavy (non-hydrogen) atoms. The summed E-state index contributed by atoms with van der Waals surface area (Å²) in [6, 6.07) is 6.37. The number of hydrogen-bond donors (Lipinski definition) is 1. The average Bonchev–Trinajstić information content (AvgIpc) is 2.80. The second kappa shape index (κ2) is 5.59. The Morgan fingerprint density at radius 1 is 1.24 bits per heavy atom. The highest BCUT2D eigenvalue weighted by atomic mass is 16.5. The first-order valence-electron chi connectivity index (χ1n) is 5.78. The Kier molecular flexibility index (Phi) is 3.88. The van der Waals surface area contributed by atoms with E-state index in [1.54, 1.807) is 0 Å². The lowest BCUT2D eigenvalue weighted by Gasteiger charge is -2.10. The molecule has 1 heterocycles. The van der Waals surface area contributed by atoms with Gasteiger partial charge in [0.15, 0.2) is 6.33 Å². The van der Waals surface area contributed by atoms with Crippen LogP contribution in [0.15, 0.2) is 29.0 Å². The van der Waals surface area contributed by atoms with E-state index in [1.165, 1.54) is 23.0 Å². The molecule has 0 unspecified atom stereocenters. The molecule has 1 N–H and O–H groups in total. The minimum Gasteiger partial charge on any atom is -0.340 e. The molecule has 0 saturated carbocycles. The predicted octanol–water partition coefficient (Wildman–Crippen LogP) is 2.02. The van der Waals surface area contributed by atoms with Crippen LogP contribution in [0.2, 0.25) is 0 Å². The van der Waals surface area contributed by atoms with Gasteiger partial charge in [0.1, 0.15) is 0 Å². The summed E-state index contributed by atoms with van der Waals surface area (Å²) in [5.74, 6) is 0.680. The topological polar surface area (TPSA) is 51.0 Å². The number of aryl methyl sites for hydroxylation is 2. The van der Waals surface area contributed by atoms with Gasteiger partial charge in [-0.15, -0.1) is 0 Å². The number of hydrogen-bond acceptors (Lipinski definition) is 4. The summed E-state index contributed by atoms with van der Waals surface area (Å²) in [6.07, 6.45) is 2.20. The zero-order valence-corrected chi connectivity index (χ0v) is 10.2. The summed E-state index contributed by atoms with van der Waals surface area (Å²) in [5, 5.41) is 6.97. The van der Waals surface area contributed by atoms with Gasteiger partial charge in [-0.25, -0.2) is 0 Å². The molecular weight excluding hydrogens is 214 g/mol. The van der Waals surface area contributed by atoms with Gasteiger partial charge in [0.25, 0.3) is 0 Å². The van der Waals surface area contributed by atoms with E-state index in [4.69, 9.17) is 4.52 Å². The van der Waals surface area contributed by atoms with Crippen LogP contribution in [-0.4, -0.2) is 16.7 Å². The molecule has 0 fully saturated rings. The lowest BCUT2D eigenvalue weighted by atomic mass is 10.0. The molecule has 0 aliphatic carbocycles. The Balaban J connectivity index is 1.82. The minimum atomic E-state index is 0.680. The summed E-state index contributed by atoms with van der Waals surface area (Å²) in [7, 11) is 0. The highest BCUT2D eigenvalue weighted by molar-refractivity contribution is 5.33. The van der Waals surface area contributed by atoms with Crippen molar-refractivity contribution in [1.29, 1.82) is 0 Å². The standard InChI is InChI=1S/C13H17N3O/c1-10-4-3-5-11(2)12(10)8-14-7-6-13-15-9-16-17-13/h3-5,9,14H,6-8H2,1-2H3. The predicted molar refractivity (Wildman–Crippen MR) is 65.6 cm³/mol. The summed E-state index contributed by atoms with van der Waals surface area (Å²) in [4.78, 5) is 3.98. The van der Waals surface area contributed by atoms with Gasteiger partial charge in [-0.2, -0.15) is 4.98 Å². The molecule has 0 atom stereocenters. The summed E-state index contributed by atoms with van der Waals surface area (Å²) < 4.78 is 4.93. The third-order valence-electron chi connectivity index (χ3n) is 2.87. The zero-order valence-electron chi connectivity index (χ0n) is 10.2. The molecule has 90 valence electrons. The second-order valence-electron chi connectivity index (χ2n) is 4.13. The second-order valence-corrected chi connectivity index (χ2v) is 4.13. The zero-order chi connectivity index (χ0) is 12.1. The van der Waals surface area contributed by atoms with Gasteiger partial charge in [0.05, 0.1) is 0 Å². The van der Waals surface area contributed by atoms with Crippen molar-refractivity contribution < 1.29 is 4.52 Å². The lowest BCUT2D eigenvalue weighted by molar-refractivity contribution is 0.375. The van der Waals surface area contributed by atoms with E-state index >= 15 is 0 Å². The Morgan fingerprint density at radius 3 is 2.65 bits per heavy atom. The maximum atomic E-state index is 4.93. The third-order valence-corrected chi connectivity index (χ3v) is 2.87. The van der Waals surface area contributed by atoms with Crippen molar-refractivity contribution in [2.24, 2.45) is 0 Å². The fourth-order valence-electron chi connectivity index (χ4n) is 1.84. The van der Waals surface area contributed by atoms with Crippen molar-refractivity contribution >= 4 is 0 Å². The van der Waals surface area contributed by atoms with Crippen molar-refractivity contribution in [3.8, 4) is 0 Å². The van der Waals surface area contributed by atoms with E-state index in [0.717, 1.165) is 19.5 Å². The molecule has 0 bridgehead atoms. The Bertz CT molecular complexity index is 445. The van der Waals surface area contributed by atoms with Crippen LogP contribution in [0.3, 0.4) is 0 Å². The van der Waals surface area contributed by atoms with E-state index in [0.29, 0.717) is 5.89 Å². The fourth-order valence-corrected chi connectivity index (χ4v) is 1.84. The number of rotatable bonds is 5. The van der Waals surface area contributed by atoms with Gasteiger partial charge in [0, 0.05) is 19.5 Å². The monoisotopic (exact) mass is 231 g/mol. The van der Waals surface area contributed by atoms with Crippen LogP contribution in [0.25, 0.3) is 0 Å². The van der Waals surface area contributed by atoms with Crippen LogP contribution >= 0.6 is 0 Å². The normalized spacial score (nSPS) is 10.7. The van der Waals surface area contributed by atoms with Crippen molar-refractivity contribution in [3.05, 3.63) is 47.1 Å². The molecular formula is C13H17N3O. The third kappa shape index (κ3) is 3.14. The molecule has 0 saturated heterocycles. The van der Waals surface area contributed by atoms with Crippen molar-refractivity contribution in [2.75, 3.05) is 6.54 Å². The van der Waals surface area contributed by atoms with Gasteiger partial charge >= 0.3 is 0 Å². The Labute approximate surface area is 101 Å². The molecule has 2 rings (SSSR count). The Hall–Kier alpha value is -1.68. The van der Waals surface area contributed by atoms with Crippen molar-refractivity contribution in [1.82, 2.24) is 15.5 Å². The average molecular weight is 231 g/mol. The molecule has 0 radical (unpaired) electrons. The van der Waals surface area contributed by atoms with Crippen LogP contribution in [0.4, 0.5) is 0 Å². The largest absolute Gasteiger partial charge is 0.340 e.